The highest BCUT2D eigenvalue weighted by molar-refractivity contribution is 5.08. The van der Waals surface area contributed by atoms with Gasteiger partial charge in [0.1, 0.15) is 0 Å². The van der Waals surface area contributed by atoms with Crippen molar-refractivity contribution in [2.45, 2.75) is 27.2 Å². The summed E-state index contributed by atoms with van der Waals surface area (Å²) in [6, 6.07) is 0. The molecule has 0 amide bonds. The molecule has 58 valence electrons. The number of rotatable bonds is 3. The average Bonchev–Trinajstić information content (AvgIpc) is 2.02. The highest BCUT2D eigenvalue weighted by Crippen LogP contribution is 1.80. The van der Waals surface area contributed by atoms with E-state index in [4.69, 9.17) is 0 Å². The summed E-state index contributed by atoms with van der Waals surface area (Å²) in [5, 5.41) is 0. The number of hydrogen-bond donors (Lipinski definition) is 0. The summed E-state index contributed by atoms with van der Waals surface area (Å²) in [6.07, 6.45) is 10.9. The normalized spacial score (nSPS) is 9.50. The van der Waals surface area contributed by atoms with Gasteiger partial charge in [0.25, 0.3) is 0 Å². The van der Waals surface area contributed by atoms with Crippen LogP contribution in [0.15, 0.2) is 37.0 Å². The lowest BCUT2D eigenvalue weighted by molar-refractivity contribution is 1.22. The molecule has 10 heavy (non-hydrogen) atoms. The molecule has 0 aliphatic carbocycles. The minimum Gasteiger partial charge on any atom is -0.0991 e. The zero-order chi connectivity index (χ0) is 8.24. The topological polar surface area (TPSA) is 0 Å². The molecule has 0 N–H and O–H groups in total. The summed E-state index contributed by atoms with van der Waals surface area (Å²) >= 11 is 0. The molecule has 0 aliphatic heterocycles. The summed E-state index contributed by atoms with van der Waals surface area (Å²) < 4.78 is 0. The Hall–Kier alpha value is -0.780. The van der Waals surface area contributed by atoms with E-state index in [2.05, 4.69) is 19.6 Å². The SMILES string of the molecule is C=C/C=C\C=C\CC.CC. The van der Waals surface area contributed by atoms with Gasteiger partial charge in [0.05, 0.1) is 0 Å². The van der Waals surface area contributed by atoms with Crippen LogP contribution in [-0.4, -0.2) is 0 Å². The van der Waals surface area contributed by atoms with Crippen molar-refractivity contribution in [1.29, 1.82) is 0 Å². The molecule has 0 fully saturated rings. The lowest BCUT2D eigenvalue weighted by Gasteiger charge is -1.71. The molecule has 0 aromatic heterocycles. The van der Waals surface area contributed by atoms with E-state index in [1.165, 1.54) is 0 Å². The molecule has 0 bridgehead atoms. The van der Waals surface area contributed by atoms with Gasteiger partial charge in [-0.2, -0.15) is 0 Å². The third-order valence-electron chi connectivity index (χ3n) is 0.730. The molecule has 0 spiro atoms. The van der Waals surface area contributed by atoms with E-state index in [9.17, 15) is 0 Å². The fraction of sp³-hybridized carbons (Fsp3) is 0.400. The third-order valence-corrected chi connectivity index (χ3v) is 0.730. The van der Waals surface area contributed by atoms with E-state index in [0.29, 0.717) is 0 Å². The van der Waals surface area contributed by atoms with Crippen LogP contribution in [0.4, 0.5) is 0 Å². The van der Waals surface area contributed by atoms with Gasteiger partial charge in [-0.05, 0) is 6.42 Å². The minimum absolute atomic E-state index is 1.10. The molecule has 0 radical (unpaired) electrons. The number of allylic oxidation sites excluding steroid dienone is 5. The van der Waals surface area contributed by atoms with E-state index >= 15 is 0 Å². The second-order valence-corrected chi connectivity index (χ2v) is 1.46. The molecule has 0 heterocycles. The maximum absolute atomic E-state index is 3.54. The zero-order valence-electron chi connectivity index (χ0n) is 7.30. The lowest BCUT2D eigenvalue weighted by atomic mass is 10.4. The average molecular weight is 138 g/mol. The molecule has 0 saturated carbocycles. The van der Waals surface area contributed by atoms with Gasteiger partial charge < -0.3 is 0 Å². The Morgan fingerprint density at radius 3 is 2.10 bits per heavy atom. The Bertz CT molecular complexity index is 96.6. The van der Waals surface area contributed by atoms with Crippen molar-refractivity contribution in [3.8, 4) is 0 Å². The minimum atomic E-state index is 1.10. The van der Waals surface area contributed by atoms with Gasteiger partial charge in [0.2, 0.25) is 0 Å². The first kappa shape index (κ1) is 12.0. The van der Waals surface area contributed by atoms with E-state index < -0.39 is 0 Å². The Labute approximate surface area is 65.0 Å². The summed E-state index contributed by atoms with van der Waals surface area (Å²) in [4.78, 5) is 0. The van der Waals surface area contributed by atoms with Crippen LogP contribution < -0.4 is 0 Å². The Morgan fingerprint density at radius 2 is 1.70 bits per heavy atom. The second kappa shape index (κ2) is 15.7. The Kier molecular flexibility index (Phi) is 18.8. The molecule has 0 heteroatoms. The van der Waals surface area contributed by atoms with Gasteiger partial charge in [0, 0.05) is 0 Å². The summed E-state index contributed by atoms with van der Waals surface area (Å²) in [7, 11) is 0. The van der Waals surface area contributed by atoms with E-state index in [-0.39, 0.29) is 0 Å². The monoisotopic (exact) mass is 138 g/mol. The first-order valence-corrected chi connectivity index (χ1v) is 3.86. The maximum atomic E-state index is 3.54. The molecule has 0 unspecified atom stereocenters. The predicted octanol–water partition coefficient (Wildman–Crippen LogP) is 3.72. The summed E-state index contributed by atoms with van der Waals surface area (Å²) in [5.74, 6) is 0. The van der Waals surface area contributed by atoms with Crippen LogP contribution in [0.25, 0.3) is 0 Å². The van der Waals surface area contributed by atoms with Crippen molar-refractivity contribution in [1.82, 2.24) is 0 Å². The van der Waals surface area contributed by atoms with Gasteiger partial charge in [-0.1, -0.05) is 57.7 Å². The van der Waals surface area contributed by atoms with Crippen LogP contribution in [-0.2, 0) is 0 Å². The van der Waals surface area contributed by atoms with Gasteiger partial charge in [0.15, 0.2) is 0 Å². The van der Waals surface area contributed by atoms with Crippen molar-refractivity contribution < 1.29 is 0 Å². The van der Waals surface area contributed by atoms with E-state index in [0.717, 1.165) is 6.42 Å². The van der Waals surface area contributed by atoms with Crippen molar-refractivity contribution in [2.24, 2.45) is 0 Å². The fourth-order valence-electron chi connectivity index (χ4n) is 0.357. The quantitative estimate of drug-likeness (QED) is 0.521. The van der Waals surface area contributed by atoms with Crippen LogP contribution >= 0.6 is 0 Å². The predicted molar refractivity (Wildman–Crippen MR) is 50.1 cm³/mol. The van der Waals surface area contributed by atoms with E-state index in [1.807, 2.05) is 32.1 Å². The van der Waals surface area contributed by atoms with Crippen molar-refractivity contribution in [2.75, 3.05) is 0 Å². The van der Waals surface area contributed by atoms with Crippen molar-refractivity contribution in [3.05, 3.63) is 37.0 Å². The van der Waals surface area contributed by atoms with Crippen LogP contribution in [0, 0.1) is 0 Å². The van der Waals surface area contributed by atoms with Gasteiger partial charge in [-0.3, -0.25) is 0 Å². The zero-order valence-corrected chi connectivity index (χ0v) is 7.30. The second-order valence-electron chi connectivity index (χ2n) is 1.46. The molecule has 0 aliphatic rings. The van der Waals surface area contributed by atoms with Gasteiger partial charge in [-0.15, -0.1) is 0 Å². The molecule has 0 atom stereocenters. The first-order chi connectivity index (χ1) is 4.91. The molecular formula is C10H18. The summed E-state index contributed by atoms with van der Waals surface area (Å²) in [6.45, 7) is 9.65. The van der Waals surface area contributed by atoms with Crippen molar-refractivity contribution in [3.63, 3.8) is 0 Å². The Morgan fingerprint density at radius 1 is 1.10 bits per heavy atom. The maximum Gasteiger partial charge on any atom is -0.0376 e. The van der Waals surface area contributed by atoms with Crippen LogP contribution in [0.3, 0.4) is 0 Å². The van der Waals surface area contributed by atoms with Crippen LogP contribution in [0.1, 0.15) is 27.2 Å². The molecule has 0 aromatic rings. The van der Waals surface area contributed by atoms with Gasteiger partial charge in [-0.25, -0.2) is 0 Å². The lowest BCUT2D eigenvalue weighted by Crippen LogP contribution is -1.49. The molecule has 0 saturated heterocycles. The molecule has 0 nitrogen and oxygen atoms in total. The first-order valence-electron chi connectivity index (χ1n) is 3.86. The smallest absolute Gasteiger partial charge is 0.0376 e. The molecule has 0 aromatic carbocycles. The summed E-state index contributed by atoms with van der Waals surface area (Å²) in [5.41, 5.74) is 0. The highest BCUT2D eigenvalue weighted by Gasteiger charge is 1.59. The fourth-order valence-corrected chi connectivity index (χ4v) is 0.357. The molecule has 0 rings (SSSR count). The Balaban J connectivity index is 0. The van der Waals surface area contributed by atoms with Crippen LogP contribution in [0.2, 0.25) is 0 Å². The highest BCUT2D eigenvalue weighted by atomic mass is 13.7. The number of hydrogen-bond acceptors (Lipinski definition) is 0. The van der Waals surface area contributed by atoms with E-state index in [1.54, 1.807) is 6.08 Å². The molecular weight excluding hydrogens is 120 g/mol. The van der Waals surface area contributed by atoms with Crippen molar-refractivity contribution >= 4 is 0 Å². The van der Waals surface area contributed by atoms with Crippen LogP contribution in [0.5, 0.6) is 0 Å². The largest absolute Gasteiger partial charge is 0.0991 e. The van der Waals surface area contributed by atoms with Gasteiger partial charge >= 0.3 is 0 Å². The standard InChI is InChI=1S/C8H12.C2H6/c1-3-5-7-8-6-4-2;1-2/h3,5-8H,1,4H2,2H3;1-2H3/b7-5-,8-6+;. The third kappa shape index (κ3) is 15.7.